The number of benzene rings is 8. The fourth-order valence-electron chi connectivity index (χ4n) is 8.39. The van der Waals surface area contributed by atoms with Gasteiger partial charge in [-0.25, -0.2) is 15.0 Å². The van der Waals surface area contributed by atoms with E-state index in [0.29, 0.717) is 17.5 Å². The smallest absolute Gasteiger partial charge is 0.164 e. The van der Waals surface area contributed by atoms with E-state index in [9.17, 15) is 0 Å². The Morgan fingerprint density at radius 2 is 1.04 bits per heavy atom. The topological polar surface area (TPSA) is 56.7 Å². The lowest BCUT2D eigenvalue weighted by molar-refractivity contribution is 0.669. The van der Waals surface area contributed by atoms with Crippen LogP contribution < -0.4 is 0 Å². The number of fused-ring (bicyclic) bond motifs is 9. The molecule has 0 saturated heterocycles. The van der Waals surface area contributed by atoms with Crippen LogP contribution in [0.1, 0.15) is 0 Å². The summed E-state index contributed by atoms with van der Waals surface area (Å²) in [6, 6.07) is 63.8. The van der Waals surface area contributed by atoms with Gasteiger partial charge in [0.2, 0.25) is 0 Å². The van der Waals surface area contributed by atoms with Crippen LogP contribution in [0.5, 0.6) is 0 Å². The maximum absolute atomic E-state index is 6.69. The molecule has 0 saturated carbocycles. The van der Waals surface area contributed by atoms with Crippen molar-refractivity contribution in [3.05, 3.63) is 182 Å². The van der Waals surface area contributed by atoms with Crippen molar-refractivity contribution in [2.45, 2.75) is 0 Å². The van der Waals surface area contributed by atoms with Crippen LogP contribution in [0.4, 0.5) is 0 Å². The highest BCUT2D eigenvalue weighted by molar-refractivity contribution is 7.25. The molecule has 12 rings (SSSR count). The summed E-state index contributed by atoms with van der Waals surface area (Å²) in [6.45, 7) is 0. The highest BCUT2D eigenvalue weighted by atomic mass is 32.1. The molecule has 0 unspecified atom stereocenters. The number of nitrogens with zero attached hydrogens (tertiary/aromatic N) is 4. The molecule has 6 heteroatoms. The molecule has 0 amide bonds. The summed E-state index contributed by atoms with van der Waals surface area (Å²) >= 11 is 1.80. The maximum atomic E-state index is 6.69. The molecule has 4 heterocycles. The standard InChI is InChI=1S/C51H30N4OS/c1-3-12-31(13-4-1)32-22-24-33(25-23-32)49-52-50(34-26-27-47-40(28-34)37-17-8-10-21-46(37)57-47)54-51(53-49)38-18-11-20-44-48(38)41-29-39-36-16-7-9-19-42(36)55(35-14-5-2-6-15-35)43(39)30-45(41)56-44/h1-30H. The van der Waals surface area contributed by atoms with Gasteiger partial charge in [0.05, 0.1) is 11.0 Å². The molecule has 5 nitrogen and oxygen atoms in total. The molecule has 0 N–H and O–H groups in total. The van der Waals surface area contributed by atoms with E-state index in [1.165, 1.54) is 25.6 Å². The van der Waals surface area contributed by atoms with E-state index in [1.807, 2.05) is 18.2 Å². The summed E-state index contributed by atoms with van der Waals surface area (Å²) in [5.74, 6) is 1.83. The van der Waals surface area contributed by atoms with Crippen molar-refractivity contribution in [1.29, 1.82) is 0 Å². The van der Waals surface area contributed by atoms with Crippen molar-refractivity contribution in [3.8, 4) is 51.0 Å². The Labute approximate surface area is 330 Å². The van der Waals surface area contributed by atoms with Crippen molar-refractivity contribution < 1.29 is 4.42 Å². The quantitative estimate of drug-likeness (QED) is 0.176. The van der Waals surface area contributed by atoms with Gasteiger partial charge in [-0.05, 0) is 65.7 Å². The molecule has 0 bridgehead atoms. The van der Waals surface area contributed by atoms with Crippen molar-refractivity contribution in [2.24, 2.45) is 0 Å². The Balaban J connectivity index is 1.09. The first-order valence-corrected chi connectivity index (χ1v) is 19.8. The van der Waals surface area contributed by atoms with E-state index in [2.05, 4.69) is 168 Å². The Hall–Kier alpha value is -7.41. The zero-order valence-corrected chi connectivity index (χ0v) is 31.2. The van der Waals surface area contributed by atoms with Crippen molar-refractivity contribution in [3.63, 3.8) is 0 Å². The first-order valence-electron chi connectivity index (χ1n) is 19.0. The molecule has 0 radical (unpaired) electrons. The number of para-hydroxylation sites is 2. The molecule has 0 aliphatic carbocycles. The molecule has 0 spiro atoms. The molecule has 0 atom stereocenters. The summed E-state index contributed by atoms with van der Waals surface area (Å²) in [7, 11) is 0. The molecular formula is C51H30N4OS. The maximum Gasteiger partial charge on any atom is 0.164 e. The second-order valence-corrected chi connectivity index (χ2v) is 15.5. The summed E-state index contributed by atoms with van der Waals surface area (Å²) in [5, 5.41) is 6.78. The number of furan rings is 1. The number of hydrogen-bond acceptors (Lipinski definition) is 5. The number of rotatable bonds is 5. The van der Waals surface area contributed by atoms with Crippen LogP contribution in [0.15, 0.2) is 186 Å². The Morgan fingerprint density at radius 1 is 0.386 bits per heavy atom. The van der Waals surface area contributed by atoms with Gasteiger partial charge in [0.1, 0.15) is 11.2 Å². The van der Waals surface area contributed by atoms with E-state index in [4.69, 9.17) is 19.4 Å². The van der Waals surface area contributed by atoms with Crippen molar-refractivity contribution in [1.82, 2.24) is 19.5 Å². The predicted octanol–water partition coefficient (Wildman–Crippen LogP) is 13.9. The van der Waals surface area contributed by atoms with Crippen LogP contribution in [0.3, 0.4) is 0 Å². The van der Waals surface area contributed by atoms with Crippen LogP contribution in [-0.4, -0.2) is 19.5 Å². The third-order valence-electron chi connectivity index (χ3n) is 11.1. The largest absolute Gasteiger partial charge is 0.456 e. The zero-order valence-electron chi connectivity index (χ0n) is 30.4. The molecule has 0 aliphatic heterocycles. The van der Waals surface area contributed by atoms with E-state index in [-0.39, 0.29) is 0 Å². The van der Waals surface area contributed by atoms with Crippen molar-refractivity contribution >= 4 is 75.3 Å². The van der Waals surface area contributed by atoms with Gasteiger partial charge in [0, 0.05) is 70.2 Å². The third-order valence-corrected chi connectivity index (χ3v) is 12.2. The van der Waals surface area contributed by atoms with Gasteiger partial charge in [-0.3, -0.25) is 0 Å². The summed E-state index contributed by atoms with van der Waals surface area (Å²) in [6.07, 6.45) is 0. The average molecular weight is 747 g/mol. The lowest BCUT2D eigenvalue weighted by atomic mass is 10.0. The van der Waals surface area contributed by atoms with Crippen LogP contribution in [0, 0.1) is 0 Å². The predicted molar refractivity (Wildman–Crippen MR) is 236 cm³/mol. The van der Waals surface area contributed by atoms with E-state index < -0.39 is 0 Å². The SMILES string of the molecule is c1ccc(-c2ccc(-c3nc(-c4ccc5sc6ccccc6c5c4)nc(-c4cccc5oc6cc7c(cc6c45)c4ccccc4n7-c4ccccc4)n3)cc2)cc1. The molecule has 266 valence electrons. The minimum atomic E-state index is 0.595. The zero-order chi connectivity index (χ0) is 37.5. The summed E-state index contributed by atoms with van der Waals surface area (Å²) < 4.78 is 11.5. The molecular weight excluding hydrogens is 717 g/mol. The van der Waals surface area contributed by atoms with Gasteiger partial charge in [-0.1, -0.05) is 121 Å². The minimum absolute atomic E-state index is 0.595. The second-order valence-electron chi connectivity index (χ2n) is 14.4. The van der Waals surface area contributed by atoms with E-state index in [0.717, 1.165) is 71.9 Å². The first-order chi connectivity index (χ1) is 28.2. The highest BCUT2D eigenvalue weighted by Gasteiger charge is 2.21. The van der Waals surface area contributed by atoms with E-state index in [1.54, 1.807) is 11.3 Å². The fourth-order valence-corrected chi connectivity index (χ4v) is 9.48. The Morgan fingerprint density at radius 3 is 1.88 bits per heavy atom. The lowest BCUT2D eigenvalue weighted by Gasteiger charge is -2.10. The van der Waals surface area contributed by atoms with Crippen LogP contribution in [-0.2, 0) is 0 Å². The molecule has 8 aromatic carbocycles. The second kappa shape index (κ2) is 12.6. The summed E-state index contributed by atoms with van der Waals surface area (Å²) in [4.78, 5) is 15.7. The fraction of sp³-hybridized carbons (Fsp3) is 0. The Kier molecular flexibility index (Phi) is 7.03. The van der Waals surface area contributed by atoms with Gasteiger partial charge < -0.3 is 8.98 Å². The van der Waals surface area contributed by atoms with Gasteiger partial charge in [-0.15, -0.1) is 11.3 Å². The number of aromatic nitrogens is 4. The first kappa shape index (κ1) is 31.9. The average Bonchev–Trinajstić information content (AvgIpc) is 3.95. The van der Waals surface area contributed by atoms with Gasteiger partial charge in [-0.2, -0.15) is 0 Å². The number of thiophene rings is 1. The van der Waals surface area contributed by atoms with Gasteiger partial charge in [0.25, 0.3) is 0 Å². The normalized spacial score (nSPS) is 11.9. The molecule has 0 aliphatic rings. The molecule has 4 aromatic heterocycles. The van der Waals surface area contributed by atoms with Gasteiger partial charge in [0.15, 0.2) is 17.5 Å². The van der Waals surface area contributed by atoms with E-state index >= 15 is 0 Å². The van der Waals surface area contributed by atoms with Crippen LogP contribution in [0.2, 0.25) is 0 Å². The van der Waals surface area contributed by atoms with Crippen LogP contribution >= 0.6 is 11.3 Å². The molecule has 12 aromatic rings. The monoisotopic (exact) mass is 746 g/mol. The highest BCUT2D eigenvalue weighted by Crippen LogP contribution is 2.42. The molecule has 57 heavy (non-hydrogen) atoms. The van der Waals surface area contributed by atoms with Crippen LogP contribution in [0.25, 0.3) is 115 Å². The number of hydrogen-bond donors (Lipinski definition) is 0. The van der Waals surface area contributed by atoms with Gasteiger partial charge >= 0.3 is 0 Å². The third kappa shape index (κ3) is 5.12. The molecule has 0 fully saturated rings. The summed E-state index contributed by atoms with van der Waals surface area (Å²) in [5.41, 5.74) is 10.00. The van der Waals surface area contributed by atoms with Crippen molar-refractivity contribution in [2.75, 3.05) is 0 Å². The lowest BCUT2D eigenvalue weighted by Crippen LogP contribution is -2.00. The minimum Gasteiger partial charge on any atom is -0.456 e. The Bertz CT molecular complexity index is 3510.